The monoisotopic (exact) mass is 144 g/mol. The Morgan fingerprint density at radius 1 is 1.27 bits per heavy atom. The molecule has 11 heavy (non-hydrogen) atoms. The fourth-order valence-corrected chi connectivity index (χ4v) is 1.71. The van der Waals surface area contributed by atoms with Crippen molar-refractivity contribution in [2.24, 2.45) is 5.92 Å². The van der Waals surface area contributed by atoms with E-state index in [4.69, 9.17) is 0 Å². The topological polar surface area (TPSA) is 0 Å². The molecule has 0 aromatic rings. The standard InChI is InChI=1S/C11H12/c1-8-6-10-5-3-4-9(2)11(10)7-8/h3-7,10H,1-2H3. The molecule has 1 unspecified atom stereocenters. The Morgan fingerprint density at radius 2 is 2.09 bits per heavy atom. The highest BCUT2D eigenvalue weighted by Gasteiger charge is 2.17. The molecule has 0 N–H and O–H groups in total. The summed E-state index contributed by atoms with van der Waals surface area (Å²) in [5.41, 5.74) is 4.28. The Kier molecular flexibility index (Phi) is 1.35. The van der Waals surface area contributed by atoms with Gasteiger partial charge >= 0.3 is 0 Å². The molecule has 0 heterocycles. The average Bonchev–Trinajstić information content (AvgIpc) is 2.31. The minimum Gasteiger partial charge on any atom is -0.0732 e. The van der Waals surface area contributed by atoms with E-state index in [0.29, 0.717) is 5.92 Å². The number of hydrogen-bond acceptors (Lipinski definition) is 0. The van der Waals surface area contributed by atoms with Gasteiger partial charge in [-0.2, -0.15) is 0 Å². The van der Waals surface area contributed by atoms with Crippen LogP contribution in [0.1, 0.15) is 13.8 Å². The van der Waals surface area contributed by atoms with Crippen LogP contribution in [0, 0.1) is 5.92 Å². The molecule has 0 saturated heterocycles. The Labute approximate surface area is 67.6 Å². The van der Waals surface area contributed by atoms with Gasteiger partial charge in [-0.15, -0.1) is 0 Å². The lowest BCUT2D eigenvalue weighted by Gasteiger charge is -2.12. The molecule has 0 bridgehead atoms. The molecule has 0 amide bonds. The number of hydrogen-bond donors (Lipinski definition) is 0. The van der Waals surface area contributed by atoms with Crippen molar-refractivity contribution in [3.05, 3.63) is 47.1 Å². The summed E-state index contributed by atoms with van der Waals surface area (Å²) in [6.07, 6.45) is 11.2. The number of fused-ring (bicyclic) bond motifs is 1. The van der Waals surface area contributed by atoms with Crippen molar-refractivity contribution in [3.63, 3.8) is 0 Å². The van der Waals surface area contributed by atoms with Crippen LogP contribution in [-0.2, 0) is 0 Å². The number of allylic oxidation sites excluding steroid dienone is 8. The van der Waals surface area contributed by atoms with E-state index in [0.717, 1.165) is 0 Å². The molecule has 2 aliphatic carbocycles. The second-order valence-electron chi connectivity index (χ2n) is 3.27. The van der Waals surface area contributed by atoms with Crippen molar-refractivity contribution in [2.75, 3.05) is 0 Å². The van der Waals surface area contributed by atoms with Gasteiger partial charge in [0.25, 0.3) is 0 Å². The first-order valence-electron chi connectivity index (χ1n) is 4.03. The highest BCUT2D eigenvalue weighted by molar-refractivity contribution is 5.51. The van der Waals surface area contributed by atoms with Gasteiger partial charge in [-0.1, -0.05) is 36.0 Å². The van der Waals surface area contributed by atoms with Gasteiger partial charge in [-0.3, -0.25) is 0 Å². The summed E-state index contributed by atoms with van der Waals surface area (Å²) in [5, 5.41) is 0. The van der Waals surface area contributed by atoms with E-state index >= 15 is 0 Å². The Bertz CT molecular complexity index is 298. The van der Waals surface area contributed by atoms with E-state index < -0.39 is 0 Å². The zero-order chi connectivity index (χ0) is 7.84. The lowest BCUT2D eigenvalue weighted by molar-refractivity contribution is 0.983. The smallest absolute Gasteiger partial charge is 0.0210 e. The maximum absolute atomic E-state index is 2.31. The van der Waals surface area contributed by atoms with Gasteiger partial charge in [0.1, 0.15) is 0 Å². The third-order valence-corrected chi connectivity index (χ3v) is 2.30. The van der Waals surface area contributed by atoms with Gasteiger partial charge in [-0.25, -0.2) is 0 Å². The zero-order valence-corrected chi connectivity index (χ0v) is 6.96. The van der Waals surface area contributed by atoms with Crippen LogP contribution in [0.5, 0.6) is 0 Å². The molecule has 56 valence electrons. The van der Waals surface area contributed by atoms with E-state index in [1.807, 2.05) is 0 Å². The van der Waals surface area contributed by atoms with Crippen LogP contribution in [0.25, 0.3) is 0 Å². The molecule has 2 aliphatic rings. The van der Waals surface area contributed by atoms with Crippen LogP contribution in [-0.4, -0.2) is 0 Å². The van der Waals surface area contributed by atoms with Gasteiger partial charge in [0.05, 0.1) is 0 Å². The van der Waals surface area contributed by atoms with Crippen molar-refractivity contribution in [1.82, 2.24) is 0 Å². The number of rotatable bonds is 0. The minimum absolute atomic E-state index is 0.569. The fraction of sp³-hybridized carbons (Fsp3) is 0.273. The third kappa shape index (κ3) is 0.988. The van der Waals surface area contributed by atoms with Crippen molar-refractivity contribution in [3.8, 4) is 0 Å². The van der Waals surface area contributed by atoms with Crippen LogP contribution in [0.3, 0.4) is 0 Å². The van der Waals surface area contributed by atoms with E-state index in [9.17, 15) is 0 Å². The predicted octanol–water partition coefficient (Wildman–Crippen LogP) is 3.01. The van der Waals surface area contributed by atoms with Gasteiger partial charge in [0.2, 0.25) is 0 Å². The summed E-state index contributed by atoms with van der Waals surface area (Å²) in [5.74, 6) is 0.569. The van der Waals surface area contributed by atoms with E-state index in [-0.39, 0.29) is 0 Å². The Balaban J connectivity index is 2.44. The first-order valence-corrected chi connectivity index (χ1v) is 4.03. The second-order valence-corrected chi connectivity index (χ2v) is 3.27. The third-order valence-electron chi connectivity index (χ3n) is 2.30. The first kappa shape index (κ1) is 6.66. The van der Waals surface area contributed by atoms with E-state index in [1.165, 1.54) is 16.7 Å². The van der Waals surface area contributed by atoms with Gasteiger partial charge in [0.15, 0.2) is 0 Å². The predicted molar refractivity (Wildman–Crippen MR) is 48.2 cm³/mol. The molecule has 0 saturated carbocycles. The van der Waals surface area contributed by atoms with Crippen molar-refractivity contribution < 1.29 is 0 Å². The lowest BCUT2D eigenvalue weighted by Crippen LogP contribution is -1.98. The van der Waals surface area contributed by atoms with Gasteiger partial charge < -0.3 is 0 Å². The fourth-order valence-electron chi connectivity index (χ4n) is 1.71. The van der Waals surface area contributed by atoms with Gasteiger partial charge in [-0.05, 0) is 25.0 Å². The molecule has 0 radical (unpaired) electrons. The molecule has 1 atom stereocenters. The molecule has 0 aromatic heterocycles. The van der Waals surface area contributed by atoms with E-state index in [2.05, 4.69) is 44.2 Å². The molecule has 2 rings (SSSR count). The summed E-state index contributed by atoms with van der Waals surface area (Å²) in [6, 6.07) is 0. The molecule has 0 aliphatic heterocycles. The first-order chi connectivity index (χ1) is 5.27. The molecule has 0 heteroatoms. The molecular formula is C11H12. The molecule has 0 nitrogen and oxygen atoms in total. The molecular weight excluding hydrogens is 132 g/mol. The van der Waals surface area contributed by atoms with Crippen molar-refractivity contribution >= 4 is 0 Å². The molecule has 0 fully saturated rings. The minimum atomic E-state index is 0.569. The van der Waals surface area contributed by atoms with Crippen LogP contribution in [0.15, 0.2) is 47.1 Å². The quantitative estimate of drug-likeness (QED) is 0.490. The van der Waals surface area contributed by atoms with Crippen LogP contribution in [0.2, 0.25) is 0 Å². The average molecular weight is 144 g/mol. The lowest BCUT2D eigenvalue weighted by atomic mass is 9.92. The van der Waals surface area contributed by atoms with Gasteiger partial charge in [0, 0.05) is 5.92 Å². The van der Waals surface area contributed by atoms with Crippen LogP contribution >= 0.6 is 0 Å². The summed E-state index contributed by atoms with van der Waals surface area (Å²) < 4.78 is 0. The SMILES string of the molecule is CC1=CC2C=CC=C(C)C2=C1. The summed E-state index contributed by atoms with van der Waals surface area (Å²) >= 11 is 0. The largest absolute Gasteiger partial charge is 0.0732 e. The maximum atomic E-state index is 2.31. The molecule has 0 aromatic carbocycles. The summed E-state index contributed by atoms with van der Waals surface area (Å²) in [7, 11) is 0. The Hall–Kier alpha value is -1.04. The Morgan fingerprint density at radius 3 is 2.82 bits per heavy atom. The second kappa shape index (κ2) is 2.23. The zero-order valence-electron chi connectivity index (χ0n) is 6.96. The summed E-state index contributed by atoms with van der Waals surface area (Å²) in [6.45, 7) is 4.33. The van der Waals surface area contributed by atoms with Crippen molar-refractivity contribution in [2.45, 2.75) is 13.8 Å². The van der Waals surface area contributed by atoms with Crippen LogP contribution in [0.4, 0.5) is 0 Å². The van der Waals surface area contributed by atoms with Crippen molar-refractivity contribution in [1.29, 1.82) is 0 Å². The maximum Gasteiger partial charge on any atom is 0.0210 e. The van der Waals surface area contributed by atoms with E-state index in [1.54, 1.807) is 0 Å². The highest BCUT2D eigenvalue weighted by atomic mass is 14.2. The highest BCUT2D eigenvalue weighted by Crippen LogP contribution is 2.32. The molecule has 0 spiro atoms. The normalized spacial score (nSPS) is 27.5. The summed E-state index contributed by atoms with van der Waals surface area (Å²) in [4.78, 5) is 0. The van der Waals surface area contributed by atoms with Crippen LogP contribution < -0.4 is 0 Å².